The van der Waals surface area contributed by atoms with Crippen molar-refractivity contribution in [2.45, 2.75) is 59.5 Å². The molecule has 3 atom stereocenters. The van der Waals surface area contributed by atoms with Crippen molar-refractivity contribution in [1.82, 2.24) is 0 Å². The van der Waals surface area contributed by atoms with Crippen LogP contribution in [0.4, 0.5) is 4.79 Å². The molecule has 0 aromatic heterocycles. The van der Waals surface area contributed by atoms with Gasteiger partial charge in [-0.1, -0.05) is 33.6 Å². The van der Waals surface area contributed by atoms with Gasteiger partial charge in [-0.15, -0.1) is 0 Å². The third kappa shape index (κ3) is 3.69. The highest BCUT2D eigenvalue weighted by Gasteiger charge is 2.33. The van der Waals surface area contributed by atoms with Crippen molar-refractivity contribution in [3.63, 3.8) is 0 Å². The molecule has 0 aromatic carbocycles. The molecule has 94 valence electrons. The summed E-state index contributed by atoms with van der Waals surface area (Å²) in [6, 6.07) is 0. The van der Waals surface area contributed by atoms with Crippen molar-refractivity contribution in [3.8, 4) is 0 Å². The Balaban J connectivity index is 2.52. The summed E-state index contributed by atoms with van der Waals surface area (Å²) in [6.45, 7) is 8.57. The summed E-state index contributed by atoms with van der Waals surface area (Å²) in [6.07, 6.45) is 3.57. The van der Waals surface area contributed by atoms with E-state index in [4.69, 9.17) is 9.84 Å². The van der Waals surface area contributed by atoms with Gasteiger partial charge in [0.15, 0.2) is 0 Å². The van der Waals surface area contributed by atoms with E-state index in [2.05, 4.69) is 20.8 Å². The number of rotatable bonds is 3. The van der Waals surface area contributed by atoms with Gasteiger partial charge in [-0.25, -0.2) is 4.79 Å². The first-order valence-corrected chi connectivity index (χ1v) is 6.21. The quantitative estimate of drug-likeness (QED) is 0.745. The Kier molecular flexibility index (Phi) is 4.22. The van der Waals surface area contributed by atoms with E-state index in [0.717, 1.165) is 0 Å². The zero-order valence-corrected chi connectivity index (χ0v) is 10.8. The van der Waals surface area contributed by atoms with Crippen molar-refractivity contribution in [2.75, 3.05) is 0 Å². The molecule has 3 nitrogen and oxygen atoms in total. The monoisotopic (exact) mass is 228 g/mol. The second kappa shape index (κ2) is 5.07. The third-order valence-corrected chi connectivity index (χ3v) is 4.01. The van der Waals surface area contributed by atoms with E-state index >= 15 is 0 Å². The van der Waals surface area contributed by atoms with Crippen LogP contribution in [-0.2, 0) is 4.74 Å². The molecule has 0 radical (unpaired) electrons. The van der Waals surface area contributed by atoms with Crippen LogP contribution in [-0.4, -0.2) is 17.4 Å². The molecule has 1 rings (SSSR count). The maximum Gasteiger partial charge on any atom is 0.506 e. The Hall–Kier alpha value is -0.730. The molecule has 0 saturated heterocycles. The standard InChI is InChI=1S/C13H24O3/c1-9(10(2)16-12(14)15)11-6-5-7-13(3,4)8-11/h9-11H,5-8H2,1-4H3,(H,14,15). The third-order valence-electron chi connectivity index (χ3n) is 4.01. The summed E-state index contributed by atoms with van der Waals surface area (Å²) in [5.41, 5.74) is 0.403. The van der Waals surface area contributed by atoms with Gasteiger partial charge in [0.2, 0.25) is 0 Å². The zero-order chi connectivity index (χ0) is 12.3. The van der Waals surface area contributed by atoms with Gasteiger partial charge in [0.1, 0.15) is 6.10 Å². The first kappa shape index (κ1) is 13.3. The number of carbonyl (C=O) groups is 1. The Bertz CT molecular complexity index is 248. The molecule has 0 aromatic rings. The average Bonchev–Trinajstić information content (AvgIpc) is 2.13. The molecule has 1 saturated carbocycles. The summed E-state index contributed by atoms with van der Waals surface area (Å²) in [5, 5.41) is 8.61. The van der Waals surface area contributed by atoms with Crippen LogP contribution in [0.15, 0.2) is 0 Å². The number of hydrogen-bond acceptors (Lipinski definition) is 2. The van der Waals surface area contributed by atoms with Gasteiger partial charge in [-0.2, -0.15) is 0 Å². The van der Waals surface area contributed by atoms with Crippen molar-refractivity contribution >= 4 is 6.16 Å². The normalized spacial score (nSPS) is 28.1. The van der Waals surface area contributed by atoms with E-state index in [1.165, 1.54) is 25.7 Å². The maximum atomic E-state index is 10.5. The van der Waals surface area contributed by atoms with Crippen LogP contribution in [0, 0.1) is 17.3 Å². The highest BCUT2D eigenvalue weighted by atomic mass is 16.7. The molecule has 1 aliphatic carbocycles. The summed E-state index contributed by atoms with van der Waals surface area (Å²) in [4.78, 5) is 10.5. The summed E-state index contributed by atoms with van der Waals surface area (Å²) < 4.78 is 4.85. The van der Waals surface area contributed by atoms with Crippen molar-refractivity contribution < 1.29 is 14.6 Å². The Morgan fingerprint density at radius 3 is 2.56 bits per heavy atom. The molecule has 3 heteroatoms. The van der Waals surface area contributed by atoms with Gasteiger partial charge in [-0.05, 0) is 37.0 Å². The molecule has 0 heterocycles. The number of hydrogen-bond donors (Lipinski definition) is 1. The molecule has 16 heavy (non-hydrogen) atoms. The fourth-order valence-electron chi connectivity index (χ4n) is 2.86. The lowest BCUT2D eigenvalue weighted by Gasteiger charge is -2.39. The van der Waals surface area contributed by atoms with Crippen LogP contribution < -0.4 is 0 Å². The van der Waals surface area contributed by atoms with Gasteiger partial charge >= 0.3 is 6.16 Å². The van der Waals surface area contributed by atoms with Crippen LogP contribution >= 0.6 is 0 Å². The molecule has 0 spiro atoms. The maximum absolute atomic E-state index is 10.5. The first-order chi connectivity index (χ1) is 7.32. The lowest BCUT2D eigenvalue weighted by atomic mass is 9.68. The lowest BCUT2D eigenvalue weighted by molar-refractivity contribution is 0.00805. The molecule has 0 aliphatic heterocycles. The van der Waals surface area contributed by atoms with Crippen molar-refractivity contribution in [1.29, 1.82) is 0 Å². The van der Waals surface area contributed by atoms with Crippen LogP contribution in [0.2, 0.25) is 0 Å². The second-order valence-corrected chi connectivity index (χ2v) is 5.97. The molecule has 1 aliphatic rings. The fourth-order valence-corrected chi connectivity index (χ4v) is 2.86. The second-order valence-electron chi connectivity index (χ2n) is 5.97. The van der Waals surface area contributed by atoms with E-state index in [0.29, 0.717) is 17.3 Å². The molecule has 1 fully saturated rings. The molecular weight excluding hydrogens is 204 g/mol. The minimum Gasteiger partial charge on any atom is -0.450 e. The van der Waals surface area contributed by atoms with Gasteiger partial charge < -0.3 is 9.84 Å². The molecular formula is C13H24O3. The smallest absolute Gasteiger partial charge is 0.450 e. The highest BCUT2D eigenvalue weighted by molar-refractivity contribution is 5.57. The Morgan fingerprint density at radius 2 is 2.06 bits per heavy atom. The van der Waals surface area contributed by atoms with Crippen LogP contribution in [0.1, 0.15) is 53.4 Å². The molecule has 3 unspecified atom stereocenters. The topological polar surface area (TPSA) is 46.5 Å². The minimum atomic E-state index is -1.16. The zero-order valence-electron chi connectivity index (χ0n) is 10.8. The SMILES string of the molecule is CC(OC(=O)O)C(C)C1CCCC(C)(C)C1. The van der Waals surface area contributed by atoms with Crippen LogP contribution in [0.25, 0.3) is 0 Å². The van der Waals surface area contributed by atoms with Crippen LogP contribution in [0.5, 0.6) is 0 Å². The van der Waals surface area contributed by atoms with Crippen molar-refractivity contribution in [2.24, 2.45) is 17.3 Å². The summed E-state index contributed by atoms with van der Waals surface area (Å²) in [7, 11) is 0. The Labute approximate surface area is 98.2 Å². The molecule has 1 N–H and O–H groups in total. The van der Waals surface area contributed by atoms with E-state index in [1.807, 2.05) is 6.92 Å². The van der Waals surface area contributed by atoms with Crippen molar-refractivity contribution in [3.05, 3.63) is 0 Å². The predicted octanol–water partition coefficient (Wildman–Crippen LogP) is 3.92. The predicted molar refractivity (Wildman–Crippen MR) is 63.5 cm³/mol. The molecule has 0 amide bonds. The first-order valence-electron chi connectivity index (χ1n) is 6.21. The lowest BCUT2D eigenvalue weighted by Crippen LogP contribution is -2.33. The highest BCUT2D eigenvalue weighted by Crippen LogP contribution is 2.42. The summed E-state index contributed by atoms with van der Waals surface area (Å²) in [5.74, 6) is 0.911. The van der Waals surface area contributed by atoms with Crippen LogP contribution in [0.3, 0.4) is 0 Å². The van der Waals surface area contributed by atoms with Gasteiger partial charge in [-0.3, -0.25) is 0 Å². The van der Waals surface area contributed by atoms with E-state index in [9.17, 15) is 4.79 Å². The van der Waals surface area contributed by atoms with E-state index in [1.54, 1.807) is 0 Å². The molecule has 0 bridgehead atoms. The minimum absolute atomic E-state index is 0.198. The fraction of sp³-hybridized carbons (Fsp3) is 0.923. The van der Waals surface area contributed by atoms with Gasteiger partial charge in [0, 0.05) is 0 Å². The van der Waals surface area contributed by atoms with Gasteiger partial charge in [0.25, 0.3) is 0 Å². The number of carboxylic acid groups (broad SMARTS) is 1. The Morgan fingerprint density at radius 1 is 1.44 bits per heavy atom. The summed E-state index contributed by atoms with van der Waals surface area (Å²) >= 11 is 0. The van der Waals surface area contributed by atoms with E-state index in [-0.39, 0.29) is 6.10 Å². The largest absolute Gasteiger partial charge is 0.506 e. The van der Waals surface area contributed by atoms with E-state index < -0.39 is 6.16 Å². The number of ether oxygens (including phenoxy) is 1. The van der Waals surface area contributed by atoms with Gasteiger partial charge in [0.05, 0.1) is 0 Å². The average molecular weight is 228 g/mol.